The van der Waals surface area contributed by atoms with Gasteiger partial charge in [-0.1, -0.05) is 26.7 Å². The fourth-order valence-corrected chi connectivity index (χ4v) is 4.94. The lowest BCUT2D eigenvalue weighted by atomic mass is 9.97. The quantitative estimate of drug-likeness (QED) is 0.708. The number of esters is 1. The van der Waals surface area contributed by atoms with Gasteiger partial charge in [-0.2, -0.15) is 4.31 Å². The van der Waals surface area contributed by atoms with Crippen molar-refractivity contribution in [1.82, 2.24) is 9.62 Å². The molecule has 0 unspecified atom stereocenters. The smallest absolute Gasteiger partial charge is 0.331 e. The van der Waals surface area contributed by atoms with Crippen molar-refractivity contribution in [2.45, 2.75) is 50.0 Å². The molecular formula is C18H25FN2O5S. The van der Waals surface area contributed by atoms with Gasteiger partial charge in [-0.25, -0.2) is 17.6 Å². The highest BCUT2D eigenvalue weighted by atomic mass is 32.2. The van der Waals surface area contributed by atoms with Gasteiger partial charge in [0.25, 0.3) is 5.91 Å². The van der Waals surface area contributed by atoms with Gasteiger partial charge in [-0.15, -0.1) is 0 Å². The Morgan fingerprint density at radius 3 is 2.33 bits per heavy atom. The molecule has 1 aromatic rings. The van der Waals surface area contributed by atoms with Crippen molar-refractivity contribution in [3.63, 3.8) is 0 Å². The van der Waals surface area contributed by atoms with Crippen LogP contribution in [0.2, 0.25) is 0 Å². The third-order valence-electron chi connectivity index (χ3n) is 4.90. The molecule has 1 N–H and O–H groups in total. The van der Waals surface area contributed by atoms with Crippen molar-refractivity contribution in [1.29, 1.82) is 0 Å². The second-order valence-corrected chi connectivity index (χ2v) is 8.38. The zero-order valence-corrected chi connectivity index (χ0v) is 16.6. The number of rotatable bonds is 7. The van der Waals surface area contributed by atoms with Gasteiger partial charge in [0.2, 0.25) is 10.0 Å². The molecule has 0 radical (unpaired) electrons. The van der Waals surface area contributed by atoms with Gasteiger partial charge in [0.05, 0.1) is 7.11 Å². The number of hydrogen-bond donors (Lipinski definition) is 1. The molecule has 0 heterocycles. The number of carbonyl (C=O) groups is 2. The molecule has 27 heavy (non-hydrogen) atoms. The number of nitrogens with one attached hydrogen (secondary N) is 1. The highest BCUT2D eigenvalue weighted by molar-refractivity contribution is 7.89. The number of benzene rings is 1. The van der Waals surface area contributed by atoms with Crippen LogP contribution in [0.4, 0.5) is 4.39 Å². The number of methoxy groups -OCH3 is 1. The first-order chi connectivity index (χ1) is 12.7. The van der Waals surface area contributed by atoms with E-state index in [-0.39, 0.29) is 18.7 Å². The van der Waals surface area contributed by atoms with Crippen LogP contribution in [0.25, 0.3) is 0 Å². The van der Waals surface area contributed by atoms with Crippen molar-refractivity contribution in [2.75, 3.05) is 20.2 Å². The highest BCUT2D eigenvalue weighted by Crippen LogP contribution is 2.31. The predicted molar refractivity (Wildman–Crippen MR) is 97.2 cm³/mol. The van der Waals surface area contributed by atoms with E-state index in [4.69, 9.17) is 4.74 Å². The second kappa shape index (κ2) is 8.35. The Kier molecular flexibility index (Phi) is 6.59. The van der Waals surface area contributed by atoms with E-state index in [9.17, 15) is 22.4 Å². The molecule has 1 aliphatic rings. The van der Waals surface area contributed by atoms with E-state index in [2.05, 4.69) is 5.32 Å². The Hall–Kier alpha value is -2.00. The monoisotopic (exact) mass is 400 g/mol. The summed E-state index contributed by atoms with van der Waals surface area (Å²) in [5.41, 5.74) is -1.16. The number of nitrogens with zero attached hydrogens (tertiary/aromatic N) is 1. The fourth-order valence-electron chi connectivity index (χ4n) is 3.39. The molecule has 2 rings (SSSR count). The summed E-state index contributed by atoms with van der Waals surface area (Å²) < 4.78 is 45.4. The van der Waals surface area contributed by atoms with Gasteiger partial charge in [0.15, 0.2) is 0 Å². The molecular weight excluding hydrogens is 375 g/mol. The molecule has 0 aromatic heterocycles. The Balaban J connectivity index is 2.37. The minimum atomic E-state index is -4.06. The van der Waals surface area contributed by atoms with E-state index in [1.54, 1.807) is 13.8 Å². The molecule has 1 fully saturated rings. The lowest BCUT2D eigenvalue weighted by Gasteiger charge is -2.27. The number of amides is 1. The van der Waals surface area contributed by atoms with Crippen molar-refractivity contribution in [3.8, 4) is 0 Å². The lowest BCUT2D eigenvalue weighted by Crippen LogP contribution is -2.53. The number of halogens is 1. The summed E-state index contributed by atoms with van der Waals surface area (Å²) in [5.74, 6) is -2.10. The molecule has 0 saturated heterocycles. The first kappa shape index (κ1) is 21.3. The molecule has 0 bridgehead atoms. The van der Waals surface area contributed by atoms with Crippen LogP contribution < -0.4 is 5.32 Å². The number of sulfonamides is 1. The molecule has 1 aliphatic carbocycles. The van der Waals surface area contributed by atoms with Crippen LogP contribution in [0.1, 0.15) is 49.9 Å². The van der Waals surface area contributed by atoms with Crippen LogP contribution in [-0.4, -0.2) is 50.3 Å². The third-order valence-corrected chi connectivity index (χ3v) is 6.97. The SMILES string of the molecule is CCN(CC)S(=O)(=O)c1cc(C(=O)NC2(C(=O)OC)CCCC2)ccc1F. The van der Waals surface area contributed by atoms with E-state index in [0.29, 0.717) is 12.8 Å². The van der Waals surface area contributed by atoms with Crippen LogP contribution >= 0.6 is 0 Å². The maximum absolute atomic E-state index is 14.2. The Morgan fingerprint density at radius 2 is 1.81 bits per heavy atom. The first-order valence-electron chi connectivity index (χ1n) is 8.92. The van der Waals surface area contributed by atoms with Gasteiger partial charge in [-0.3, -0.25) is 4.79 Å². The zero-order valence-electron chi connectivity index (χ0n) is 15.7. The Morgan fingerprint density at radius 1 is 1.22 bits per heavy atom. The molecule has 7 nitrogen and oxygen atoms in total. The molecule has 150 valence electrons. The van der Waals surface area contributed by atoms with Crippen LogP contribution in [0.5, 0.6) is 0 Å². The summed E-state index contributed by atoms with van der Waals surface area (Å²) in [6, 6.07) is 3.16. The first-order valence-corrected chi connectivity index (χ1v) is 10.4. The maximum atomic E-state index is 14.2. The second-order valence-electron chi connectivity index (χ2n) is 6.47. The van der Waals surface area contributed by atoms with Gasteiger partial charge in [0, 0.05) is 18.7 Å². The third kappa shape index (κ3) is 4.14. The Labute approximate surface area is 158 Å². The van der Waals surface area contributed by atoms with E-state index in [1.807, 2.05) is 0 Å². The van der Waals surface area contributed by atoms with E-state index < -0.39 is 38.2 Å². The van der Waals surface area contributed by atoms with Crippen molar-refractivity contribution in [3.05, 3.63) is 29.6 Å². The van der Waals surface area contributed by atoms with E-state index >= 15 is 0 Å². The maximum Gasteiger partial charge on any atom is 0.331 e. The van der Waals surface area contributed by atoms with E-state index in [0.717, 1.165) is 29.3 Å². The van der Waals surface area contributed by atoms with Gasteiger partial charge in [-0.05, 0) is 31.0 Å². The largest absolute Gasteiger partial charge is 0.467 e. The average Bonchev–Trinajstić information content (AvgIpc) is 3.11. The van der Waals surface area contributed by atoms with E-state index in [1.165, 1.54) is 13.2 Å². The van der Waals surface area contributed by atoms with Gasteiger partial charge < -0.3 is 10.1 Å². The normalized spacial score (nSPS) is 16.3. The highest BCUT2D eigenvalue weighted by Gasteiger charge is 2.43. The lowest BCUT2D eigenvalue weighted by molar-refractivity contribution is -0.148. The molecule has 0 spiro atoms. The van der Waals surface area contributed by atoms with Crippen LogP contribution in [-0.2, 0) is 19.6 Å². The van der Waals surface area contributed by atoms with Crippen LogP contribution in [0, 0.1) is 5.82 Å². The summed E-state index contributed by atoms with van der Waals surface area (Å²) in [4.78, 5) is 24.3. The Bertz CT molecular complexity index is 815. The average molecular weight is 400 g/mol. The standard InChI is InChI=1S/C18H25FN2O5S/c1-4-21(5-2)27(24,25)15-12-13(8-9-14(15)19)16(22)20-18(17(23)26-3)10-6-7-11-18/h8-9,12H,4-7,10-11H2,1-3H3,(H,20,22). The van der Waals surface area contributed by atoms with Gasteiger partial charge >= 0.3 is 5.97 Å². The molecule has 1 amide bonds. The van der Waals surface area contributed by atoms with Crippen molar-refractivity contribution < 1.29 is 27.1 Å². The zero-order chi connectivity index (χ0) is 20.2. The van der Waals surface area contributed by atoms with Crippen molar-refractivity contribution >= 4 is 21.9 Å². The molecule has 1 aromatic carbocycles. The summed E-state index contributed by atoms with van der Waals surface area (Å²) >= 11 is 0. The topological polar surface area (TPSA) is 92.8 Å². The molecule has 0 aliphatic heterocycles. The van der Waals surface area contributed by atoms with Crippen molar-refractivity contribution in [2.24, 2.45) is 0 Å². The summed E-state index contributed by atoms with van der Waals surface area (Å²) in [5, 5.41) is 2.67. The number of carbonyl (C=O) groups excluding carboxylic acids is 2. The minimum absolute atomic E-state index is 0.0303. The van der Waals surface area contributed by atoms with Gasteiger partial charge in [0.1, 0.15) is 16.3 Å². The summed E-state index contributed by atoms with van der Waals surface area (Å²) in [6.07, 6.45) is 2.41. The molecule has 9 heteroatoms. The number of ether oxygens (including phenoxy) is 1. The summed E-state index contributed by atoms with van der Waals surface area (Å²) in [7, 11) is -2.81. The fraction of sp³-hybridized carbons (Fsp3) is 0.556. The van der Waals surface area contributed by atoms with Crippen LogP contribution in [0.3, 0.4) is 0 Å². The molecule has 1 saturated carbocycles. The predicted octanol–water partition coefficient (Wildman–Crippen LogP) is 2.07. The minimum Gasteiger partial charge on any atom is -0.467 e. The summed E-state index contributed by atoms with van der Waals surface area (Å²) in [6.45, 7) is 3.66. The molecule has 0 atom stereocenters. The number of hydrogen-bond acceptors (Lipinski definition) is 5. The van der Waals surface area contributed by atoms with Crippen LogP contribution in [0.15, 0.2) is 23.1 Å².